The maximum absolute atomic E-state index is 12.9. The lowest BCUT2D eigenvalue weighted by Gasteiger charge is -2.30. The van der Waals surface area contributed by atoms with Gasteiger partial charge in [-0.2, -0.15) is 5.10 Å². The Balaban J connectivity index is 1.42. The number of amides is 1. The van der Waals surface area contributed by atoms with Gasteiger partial charge in [-0.15, -0.1) is 0 Å². The molecule has 2 aliphatic heterocycles. The number of H-pyrrole nitrogens is 1. The molecule has 1 aromatic heterocycles. The maximum Gasteiger partial charge on any atom is 0.271 e. The number of morpholine rings is 1. The van der Waals surface area contributed by atoms with Crippen LogP contribution >= 0.6 is 0 Å². The summed E-state index contributed by atoms with van der Waals surface area (Å²) in [6.07, 6.45) is 0. The van der Waals surface area contributed by atoms with Gasteiger partial charge >= 0.3 is 0 Å². The minimum atomic E-state index is -0.0485. The normalized spacial score (nSPS) is 23.7. The van der Waals surface area contributed by atoms with Crippen molar-refractivity contribution in [3.05, 3.63) is 42.1 Å². The number of carbonyl (C=O) groups excluding carboxylic acids is 1. The number of nitrogens with one attached hydrogen (secondary N) is 1. The number of aliphatic hydroxyl groups excluding tert-OH is 1. The molecule has 4 rings (SSSR count). The summed E-state index contributed by atoms with van der Waals surface area (Å²) < 4.78 is 5.41. The smallest absolute Gasteiger partial charge is 0.271 e. The summed E-state index contributed by atoms with van der Waals surface area (Å²) in [5, 5.41) is 17.0. The van der Waals surface area contributed by atoms with E-state index in [2.05, 4.69) is 15.1 Å². The third kappa shape index (κ3) is 4.05. The van der Waals surface area contributed by atoms with E-state index in [0.29, 0.717) is 18.8 Å². The Kier molecular flexibility index (Phi) is 5.52. The monoisotopic (exact) mass is 370 g/mol. The van der Waals surface area contributed by atoms with E-state index in [1.54, 1.807) is 6.07 Å². The van der Waals surface area contributed by atoms with Gasteiger partial charge in [-0.1, -0.05) is 30.3 Å². The summed E-state index contributed by atoms with van der Waals surface area (Å²) in [7, 11) is 0. The third-order valence-corrected chi connectivity index (χ3v) is 5.57. The van der Waals surface area contributed by atoms with Gasteiger partial charge in [0, 0.05) is 50.8 Å². The van der Waals surface area contributed by atoms with Gasteiger partial charge in [0.15, 0.2) is 0 Å². The molecule has 3 heterocycles. The van der Waals surface area contributed by atoms with Gasteiger partial charge in [-0.05, 0) is 12.0 Å². The second-order valence-electron chi connectivity index (χ2n) is 7.36. The van der Waals surface area contributed by atoms with Crippen LogP contribution in [0, 0.1) is 11.8 Å². The summed E-state index contributed by atoms with van der Waals surface area (Å²) in [5.74, 6) is 0.356. The molecule has 27 heavy (non-hydrogen) atoms. The minimum Gasteiger partial charge on any atom is -0.396 e. The number of aliphatic hydroxyl groups is 1. The largest absolute Gasteiger partial charge is 0.396 e. The Hall–Kier alpha value is -2.22. The van der Waals surface area contributed by atoms with Gasteiger partial charge in [-0.3, -0.25) is 14.8 Å². The molecule has 2 aromatic rings. The number of aromatic amines is 1. The van der Waals surface area contributed by atoms with Crippen LogP contribution in [-0.4, -0.2) is 83.6 Å². The van der Waals surface area contributed by atoms with Gasteiger partial charge in [0.25, 0.3) is 5.91 Å². The second-order valence-corrected chi connectivity index (χ2v) is 7.36. The molecular weight excluding hydrogens is 344 g/mol. The van der Waals surface area contributed by atoms with Gasteiger partial charge < -0.3 is 14.7 Å². The van der Waals surface area contributed by atoms with E-state index in [1.807, 2.05) is 35.2 Å². The minimum absolute atomic E-state index is 0.0485. The Morgan fingerprint density at radius 1 is 1.19 bits per heavy atom. The molecule has 0 aliphatic carbocycles. The molecule has 0 saturated carbocycles. The molecule has 144 valence electrons. The Morgan fingerprint density at radius 3 is 2.67 bits per heavy atom. The molecule has 1 amide bonds. The fourth-order valence-electron chi connectivity index (χ4n) is 3.99. The van der Waals surface area contributed by atoms with Crippen LogP contribution in [0.3, 0.4) is 0 Å². The number of hydrogen-bond donors (Lipinski definition) is 2. The molecule has 2 fully saturated rings. The van der Waals surface area contributed by atoms with Crippen LogP contribution in [0.5, 0.6) is 0 Å². The van der Waals surface area contributed by atoms with Crippen molar-refractivity contribution < 1.29 is 14.6 Å². The lowest BCUT2D eigenvalue weighted by molar-refractivity contribution is 0.0264. The van der Waals surface area contributed by atoms with Crippen LogP contribution in [-0.2, 0) is 4.74 Å². The third-order valence-electron chi connectivity index (χ3n) is 5.57. The first kappa shape index (κ1) is 18.2. The van der Waals surface area contributed by atoms with Crippen LogP contribution < -0.4 is 0 Å². The van der Waals surface area contributed by atoms with E-state index in [9.17, 15) is 9.90 Å². The van der Waals surface area contributed by atoms with Crippen LogP contribution in [0.25, 0.3) is 11.3 Å². The highest BCUT2D eigenvalue weighted by Gasteiger charge is 2.36. The number of aromatic nitrogens is 2. The van der Waals surface area contributed by atoms with Crippen molar-refractivity contribution in [2.75, 3.05) is 52.5 Å². The molecule has 0 radical (unpaired) electrons. The van der Waals surface area contributed by atoms with Crippen molar-refractivity contribution in [1.29, 1.82) is 0 Å². The van der Waals surface area contributed by atoms with E-state index in [1.165, 1.54) is 0 Å². The SMILES string of the molecule is O=C(c1cc(-c2ccccc2)n[nH]1)N1CC(CO)C(CN2CCOCC2)C1. The number of ether oxygens (including phenoxy) is 1. The number of likely N-dealkylation sites (tertiary alicyclic amines) is 1. The summed E-state index contributed by atoms with van der Waals surface area (Å²) >= 11 is 0. The predicted molar refractivity (Wildman–Crippen MR) is 101 cm³/mol. The first-order valence-electron chi connectivity index (χ1n) is 9.55. The highest BCUT2D eigenvalue weighted by molar-refractivity contribution is 5.93. The van der Waals surface area contributed by atoms with Gasteiger partial charge in [0.05, 0.1) is 18.9 Å². The number of carbonyl (C=O) groups is 1. The highest BCUT2D eigenvalue weighted by Crippen LogP contribution is 2.26. The van der Waals surface area contributed by atoms with Crippen molar-refractivity contribution in [2.45, 2.75) is 0 Å². The van der Waals surface area contributed by atoms with E-state index in [4.69, 9.17) is 4.74 Å². The van der Waals surface area contributed by atoms with Crippen molar-refractivity contribution >= 4 is 5.91 Å². The summed E-state index contributed by atoms with van der Waals surface area (Å²) in [4.78, 5) is 17.1. The molecule has 0 spiro atoms. The number of nitrogens with zero attached hydrogens (tertiary/aromatic N) is 3. The van der Waals surface area contributed by atoms with Crippen LogP contribution in [0.15, 0.2) is 36.4 Å². The first-order chi connectivity index (χ1) is 13.2. The summed E-state index contributed by atoms with van der Waals surface area (Å²) in [5.41, 5.74) is 2.24. The van der Waals surface area contributed by atoms with E-state index in [0.717, 1.165) is 44.1 Å². The Bertz CT molecular complexity index is 758. The Labute approximate surface area is 158 Å². The summed E-state index contributed by atoms with van der Waals surface area (Å²) in [6, 6.07) is 11.6. The van der Waals surface area contributed by atoms with Crippen molar-refractivity contribution in [3.63, 3.8) is 0 Å². The number of hydrogen-bond acceptors (Lipinski definition) is 5. The highest BCUT2D eigenvalue weighted by atomic mass is 16.5. The second kappa shape index (κ2) is 8.21. The van der Waals surface area contributed by atoms with Crippen molar-refractivity contribution in [3.8, 4) is 11.3 Å². The average molecular weight is 370 g/mol. The molecule has 2 saturated heterocycles. The fraction of sp³-hybridized carbons (Fsp3) is 0.500. The van der Waals surface area contributed by atoms with Gasteiger partial charge in [0.1, 0.15) is 5.69 Å². The summed E-state index contributed by atoms with van der Waals surface area (Å²) in [6.45, 7) is 5.62. The van der Waals surface area contributed by atoms with Crippen LogP contribution in [0.1, 0.15) is 10.5 Å². The zero-order chi connectivity index (χ0) is 18.6. The standard InChI is InChI=1S/C20H26N4O3/c25-14-17-13-24(12-16(17)11-23-6-8-27-9-7-23)20(26)19-10-18(21-22-19)15-4-2-1-3-5-15/h1-5,10,16-17,25H,6-9,11-14H2,(H,21,22). The maximum atomic E-state index is 12.9. The lowest BCUT2D eigenvalue weighted by atomic mass is 9.96. The predicted octanol–water partition coefficient (Wildman–Crippen LogP) is 1.09. The Morgan fingerprint density at radius 2 is 1.93 bits per heavy atom. The van der Waals surface area contributed by atoms with Crippen LogP contribution in [0.4, 0.5) is 0 Å². The molecule has 2 atom stereocenters. The quantitative estimate of drug-likeness (QED) is 0.823. The number of benzene rings is 1. The van der Waals surface area contributed by atoms with E-state index in [-0.39, 0.29) is 24.3 Å². The van der Waals surface area contributed by atoms with Gasteiger partial charge in [-0.25, -0.2) is 0 Å². The first-order valence-corrected chi connectivity index (χ1v) is 9.55. The topological polar surface area (TPSA) is 81.7 Å². The van der Waals surface area contributed by atoms with Crippen molar-refractivity contribution in [2.24, 2.45) is 11.8 Å². The fourth-order valence-corrected chi connectivity index (χ4v) is 3.99. The number of rotatable bonds is 5. The van der Waals surface area contributed by atoms with E-state index >= 15 is 0 Å². The molecular formula is C20H26N4O3. The molecule has 7 nitrogen and oxygen atoms in total. The van der Waals surface area contributed by atoms with Crippen LogP contribution in [0.2, 0.25) is 0 Å². The molecule has 0 bridgehead atoms. The molecule has 2 unspecified atom stereocenters. The average Bonchev–Trinajstić information content (AvgIpc) is 3.36. The van der Waals surface area contributed by atoms with E-state index < -0.39 is 0 Å². The molecule has 2 N–H and O–H groups in total. The lowest BCUT2D eigenvalue weighted by Crippen LogP contribution is -2.41. The molecule has 7 heteroatoms. The molecule has 1 aromatic carbocycles. The van der Waals surface area contributed by atoms with Gasteiger partial charge in [0.2, 0.25) is 0 Å². The zero-order valence-electron chi connectivity index (χ0n) is 15.4. The van der Waals surface area contributed by atoms with Crippen molar-refractivity contribution in [1.82, 2.24) is 20.0 Å². The zero-order valence-corrected chi connectivity index (χ0v) is 15.4. The molecule has 2 aliphatic rings.